The molecule has 1 saturated heterocycles. The first-order valence-corrected chi connectivity index (χ1v) is 11.8. The Balaban J connectivity index is 1.28. The molecule has 1 unspecified atom stereocenters. The van der Waals surface area contributed by atoms with E-state index in [1.54, 1.807) is 0 Å². The molecule has 0 radical (unpaired) electrons. The molecule has 6 nitrogen and oxygen atoms in total. The first kappa shape index (κ1) is 23.5. The molecule has 0 aromatic heterocycles. The average molecular weight is 457 g/mol. The Hall–Kier alpha value is -3.64. The minimum Gasteiger partial charge on any atom is -0.369 e. The van der Waals surface area contributed by atoms with Gasteiger partial charge < -0.3 is 15.5 Å². The Labute approximate surface area is 201 Å². The van der Waals surface area contributed by atoms with Crippen molar-refractivity contribution in [3.63, 3.8) is 0 Å². The fourth-order valence-electron chi connectivity index (χ4n) is 4.34. The fourth-order valence-corrected chi connectivity index (χ4v) is 4.34. The van der Waals surface area contributed by atoms with Gasteiger partial charge in [0.05, 0.1) is 12.5 Å². The van der Waals surface area contributed by atoms with Gasteiger partial charge in [-0.25, -0.2) is 0 Å². The lowest BCUT2D eigenvalue weighted by Gasteiger charge is -2.36. The maximum Gasteiger partial charge on any atom is 0.226 e. The summed E-state index contributed by atoms with van der Waals surface area (Å²) < 4.78 is 0. The third-order valence-electron chi connectivity index (χ3n) is 6.11. The van der Waals surface area contributed by atoms with Gasteiger partial charge in [0.2, 0.25) is 11.8 Å². The van der Waals surface area contributed by atoms with Crippen LogP contribution in [0.25, 0.3) is 0 Å². The van der Waals surface area contributed by atoms with E-state index in [1.807, 2.05) is 42.5 Å². The number of carbonyl (C=O) groups excluding carboxylic acids is 2. The molecule has 1 aliphatic heterocycles. The molecule has 1 heterocycles. The van der Waals surface area contributed by atoms with Gasteiger partial charge in [-0.15, -0.1) is 0 Å². The summed E-state index contributed by atoms with van der Waals surface area (Å²) in [6.45, 7) is 6.47. The lowest BCUT2D eigenvalue weighted by Crippen LogP contribution is -2.45. The molecular formula is C28H32N4O2. The Bertz CT molecular complexity index is 1060. The summed E-state index contributed by atoms with van der Waals surface area (Å²) in [4.78, 5) is 29.2. The lowest BCUT2D eigenvalue weighted by atomic mass is 10.0. The van der Waals surface area contributed by atoms with Crippen LogP contribution < -0.4 is 15.5 Å². The van der Waals surface area contributed by atoms with Gasteiger partial charge in [0, 0.05) is 51.0 Å². The molecule has 6 heteroatoms. The molecule has 1 atom stereocenters. The van der Waals surface area contributed by atoms with Crippen molar-refractivity contribution in [1.29, 1.82) is 0 Å². The van der Waals surface area contributed by atoms with E-state index in [1.165, 1.54) is 12.5 Å². The molecule has 4 rings (SSSR count). The zero-order valence-corrected chi connectivity index (χ0v) is 19.6. The van der Waals surface area contributed by atoms with Gasteiger partial charge in [-0.2, -0.15) is 0 Å². The van der Waals surface area contributed by atoms with Crippen LogP contribution in [-0.2, 0) is 16.1 Å². The zero-order chi connectivity index (χ0) is 23.8. The van der Waals surface area contributed by atoms with Crippen molar-refractivity contribution in [2.45, 2.75) is 25.9 Å². The van der Waals surface area contributed by atoms with Crippen LogP contribution in [0.3, 0.4) is 0 Å². The normalized spacial score (nSPS) is 14.9. The van der Waals surface area contributed by atoms with Gasteiger partial charge >= 0.3 is 0 Å². The van der Waals surface area contributed by atoms with Crippen molar-refractivity contribution in [2.75, 3.05) is 36.4 Å². The number of hydrogen-bond donors (Lipinski definition) is 2. The Morgan fingerprint density at radius 1 is 0.824 bits per heavy atom. The summed E-state index contributed by atoms with van der Waals surface area (Å²) in [5.41, 5.74) is 4.18. The molecule has 0 spiro atoms. The number of carbonyl (C=O) groups is 2. The number of amides is 2. The van der Waals surface area contributed by atoms with Gasteiger partial charge in [0.15, 0.2) is 0 Å². The van der Waals surface area contributed by atoms with E-state index < -0.39 is 0 Å². The highest BCUT2D eigenvalue weighted by Crippen LogP contribution is 2.22. The molecule has 176 valence electrons. The minimum atomic E-state index is -0.356. The smallest absolute Gasteiger partial charge is 0.226 e. The van der Waals surface area contributed by atoms with E-state index in [-0.39, 0.29) is 24.3 Å². The fraction of sp³-hybridized carbons (Fsp3) is 0.286. The van der Waals surface area contributed by atoms with Crippen molar-refractivity contribution >= 4 is 23.2 Å². The number of anilines is 2. The summed E-state index contributed by atoms with van der Waals surface area (Å²) >= 11 is 0. The number of piperazine rings is 1. The van der Waals surface area contributed by atoms with Crippen molar-refractivity contribution in [1.82, 2.24) is 10.2 Å². The van der Waals surface area contributed by atoms with Crippen LogP contribution in [0.1, 0.15) is 30.5 Å². The number of nitrogens with one attached hydrogen (secondary N) is 2. The zero-order valence-electron chi connectivity index (χ0n) is 19.6. The number of rotatable bonds is 8. The van der Waals surface area contributed by atoms with Crippen LogP contribution in [0.4, 0.5) is 11.4 Å². The van der Waals surface area contributed by atoms with E-state index in [9.17, 15) is 9.59 Å². The minimum absolute atomic E-state index is 0.134. The number of nitrogens with zero attached hydrogens (tertiary/aromatic N) is 2. The van der Waals surface area contributed by atoms with Crippen LogP contribution in [0.2, 0.25) is 0 Å². The Kier molecular flexibility index (Phi) is 7.94. The van der Waals surface area contributed by atoms with Crippen LogP contribution in [0.5, 0.6) is 0 Å². The van der Waals surface area contributed by atoms with Crippen molar-refractivity contribution in [3.8, 4) is 0 Å². The van der Waals surface area contributed by atoms with Gasteiger partial charge in [-0.05, 0) is 35.4 Å². The summed E-state index contributed by atoms with van der Waals surface area (Å²) in [7, 11) is 0. The summed E-state index contributed by atoms with van der Waals surface area (Å²) in [5, 5.41) is 5.84. The standard InChI is InChI=1S/C28H32N4O2/c1-22(33)29-27(24-10-6-3-7-11-24)20-28(34)30-25-12-14-26(15-13-25)32-18-16-31(17-19-32)21-23-8-4-2-5-9-23/h2-15,27H,16-21H2,1H3,(H,29,33)(H,30,34). The van der Waals surface area contributed by atoms with E-state index in [2.05, 4.69) is 62.9 Å². The molecule has 3 aromatic carbocycles. The number of benzene rings is 3. The van der Waals surface area contributed by atoms with Gasteiger partial charge in [-0.1, -0.05) is 60.7 Å². The second kappa shape index (κ2) is 11.5. The molecule has 2 amide bonds. The van der Waals surface area contributed by atoms with Crippen LogP contribution in [-0.4, -0.2) is 42.9 Å². The molecule has 0 aliphatic carbocycles. The van der Waals surface area contributed by atoms with E-state index in [4.69, 9.17) is 0 Å². The molecule has 2 N–H and O–H groups in total. The van der Waals surface area contributed by atoms with Crippen molar-refractivity contribution < 1.29 is 9.59 Å². The predicted molar refractivity (Wildman–Crippen MR) is 137 cm³/mol. The average Bonchev–Trinajstić information content (AvgIpc) is 2.85. The Morgan fingerprint density at radius 2 is 1.44 bits per heavy atom. The van der Waals surface area contributed by atoms with Crippen molar-refractivity contribution in [3.05, 3.63) is 96.1 Å². The maximum atomic E-state index is 12.7. The number of hydrogen-bond acceptors (Lipinski definition) is 4. The first-order valence-electron chi connectivity index (χ1n) is 11.8. The molecular weight excluding hydrogens is 424 g/mol. The monoisotopic (exact) mass is 456 g/mol. The predicted octanol–water partition coefficient (Wildman–Crippen LogP) is 4.21. The van der Waals surface area contributed by atoms with Gasteiger partial charge in [0.25, 0.3) is 0 Å². The lowest BCUT2D eigenvalue weighted by molar-refractivity contribution is -0.120. The van der Waals surface area contributed by atoms with Gasteiger partial charge in [-0.3, -0.25) is 14.5 Å². The highest BCUT2D eigenvalue weighted by Gasteiger charge is 2.19. The first-order chi connectivity index (χ1) is 16.6. The van der Waals surface area contributed by atoms with E-state index in [0.29, 0.717) is 0 Å². The third kappa shape index (κ3) is 6.68. The second-order valence-corrected chi connectivity index (χ2v) is 8.71. The SMILES string of the molecule is CC(=O)NC(CC(=O)Nc1ccc(N2CCN(Cc3ccccc3)CC2)cc1)c1ccccc1. The molecule has 1 fully saturated rings. The molecule has 3 aromatic rings. The van der Waals surface area contributed by atoms with Crippen LogP contribution in [0, 0.1) is 0 Å². The van der Waals surface area contributed by atoms with Crippen LogP contribution >= 0.6 is 0 Å². The molecule has 34 heavy (non-hydrogen) atoms. The van der Waals surface area contributed by atoms with E-state index >= 15 is 0 Å². The summed E-state index contributed by atoms with van der Waals surface area (Å²) in [6, 6.07) is 27.8. The molecule has 0 saturated carbocycles. The van der Waals surface area contributed by atoms with Crippen molar-refractivity contribution in [2.24, 2.45) is 0 Å². The quantitative estimate of drug-likeness (QED) is 0.533. The maximum absolute atomic E-state index is 12.7. The van der Waals surface area contributed by atoms with Crippen LogP contribution in [0.15, 0.2) is 84.9 Å². The third-order valence-corrected chi connectivity index (χ3v) is 6.11. The largest absolute Gasteiger partial charge is 0.369 e. The second-order valence-electron chi connectivity index (χ2n) is 8.71. The summed E-state index contributed by atoms with van der Waals surface area (Å²) in [5.74, 6) is -0.292. The summed E-state index contributed by atoms with van der Waals surface area (Å²) in [6.07, 6.45) is 0.175. The molecule has 1 aliphatic rings. The van der Waals surface area contributed by atoms with E-state index in [0.717, 1.165) is 49.7 Å². The Morgan fingerprint density at radius 3 is 2.06 bits per heavy atom. The highest BCUT2D eigenvalue weighted by molar-refractivity contribution is 5.91. The molecule has 0 bridgehead atoms. The topological polar surface area (TPSA) is 64.7 Å². The van der Waals surface area contributed by atoms with Gasteiger partial charge in [0.1, 0.15) is 0 Å². The highest BCUT2D eigenvalue weighted by atomic mass is 16.2.